The fourth-order valence-electron chi connectivity index (χ4n) is 2.08. The number of aliphatic hydroxyl groups excluding tert-OH is 2. The smallest absolute Gasteiger partial charge is 0.245 e. The number of nitrogens with one attached hydrogen (secondary N) is 3. The van der Waals surface area contributed by atoms with E-state index in [0.29, 0.717) is 0 Å². The molecule has 14 heteroatoms. The van der Waals surface area contributed by atoms with Crippen molar-refractivity contribution >= 4 is 42.2 Å². The molecule has 0 radical (unpaired) electrons. The standard InChI is InChI=1S/C15H28N6O7S/c1-5(22)10(14(27)19-8(12(18)25)3-9(17)24)21-15(28)11(6(2)23)20-13(26)7(16)4-29/h5-8,10-11,22-23,29H,3-4,16H2,1-2H3,(H2,17,24)(H2,18,25)(H,19,27)(H,20,26)(H,21,28)/t5-,6-,7+,8+,10+,11+/m1/s1. The van der Waals surface area contributed by atoms with E-state index < -0.39 is 72.3 Å². The van der Waals surface area contributed by atoms with Crippen molar-refractivity contribution in [2.75, 3.05) is 5.75 Å². The Labute approximate surface area is 172 Å². The molecule has 0 aliphatic carbocycles. The molecule has 0 saturated heterocycles. The van der Waals surface area contributed by atoms with E-state index in [4.69, 9.17) is 17.2 Å². The van der Waals surface area contributed by atoms with Crippen molar-refractivity contribution in [1.29, 1.82) is 0 Å². The molecule has 5 amide bonds. The van der Waals surface area contributed by atoms with Crippen LogP contribution in [0.1, 0.15) is 20.3 Å². The molecule has 0 aliphatic rings. The van der Waals surface area contributed by atoms with Crippen LogP contribution in [0.15, 0.2) is 0 Å². The third-order valence-corrected chi connectivity index (χ3v) is 4.12. The first kappa shape index (κ1) is 26.6. The fraction of sp³-hybridized carbons (Fsp3) is 0.667. The van der Waals surface area contributed by atoms with Gasteiger partial charge in [0.05, 0.1) is 24.7 Å². The summed E-state index contributed by atoms with van der Waals surface area (Å²) >= 11 is 3.86. The minimum atomic E-state index is -1.60. The monoisotopic (exact) mass is 436 g/mol. The van der Waals surface area contributed by atoms with Gasteiger partial charge in [0.25, 0.3) is 0 Å². The molecule has 0 aromatic rings. The molecule has 0 spiro atoms. The zero-order chi connectivity index (χ0) is 22.9. The lowest BCUT2D eigenvalue weighted by atomic mass is 10.1. The number of nitrogens with two attached hydrogens (primary N) is 3. The number of amides is 5. The van der Waals surface area contributed by atoms with Crippen molar-refractivity contribution in [3.63, 3.8) is 0 Å². The van der Waals surface area contributed by atoms with Gasteiger partial charge >= 0.3 is 0 Å². The second-order valence-corrected chi connectivity index (χ2v) is 6.74. The molecule has 29 heavy (non-hydrogen) atoms. The van der Waals surface area contributed by atoms with Crippen molar-refractivity contribution in [3.05, 3.63) is 0 Å². The lowest BCUT2D eigenvalue weighted by molar-refractivity contribution is -0.137. The molecule has 11 N–H and O–H groups in total. The van der Waals surface area contributed by atoms with Crippen LogP contribution in [0.5, 0.6) is 0 Å². The van der Waals surface area contributed by atoms with Gasteiger partial charge in [-0.05, 0) is 13.8 Å². The number of carbonyl (C=O) groups excluding carboxylic acids is 5. The summed E-state index contributed by atoms with van der Waals surface area (Å²) in [5, 5.41) is 26.1. The molecule has 0 saturated carbocycles. The van der Waals surface area contributed by atoms with Crippen LogP contribution in [0.3, 0.4) is 0 Å². The molecular weight excluding hydrogens is 408 g/mol. The van der Waals surface area contributed by atoms with Gasteiger partial charge in [0.2, 0.25) is 29.5 Å². The Bertz CT molecular complexity index is 630. The molecule has 166 valence electrons. The Hall–Kier alpha value is -2.42. The van der Waals surface area contributed by atoms with E-state index in [2.05, 4.69) is 28.6 Å². The molecule has 0 aromatic heterocycles. The van der Waals surface area contributed by atoms with Gasteiger partial charge in [-0.2, -0.15) is 12.6 Å². The van der Waals surface area contributed by atoms with Gasteiger partial charge in [-0.25, -0.2) is 0 Å². The van der Waals surface area contributed by atoms with Crippen molar-refractivity contribution in [2.45, 2.75) is 56.6 Å². The first-order chi connectivity index (χ1) is 13.3. The highest BCUT2D eigenvalue weighted by Gasteiger charge is 2.34. The normalized spacial score (nSPS) is 17.0. The van der Waals surface area contributed by atoms with Crippen LogP contribution in [-0.2, 0) is 24.0 Å². The van der Waals surface area contributed by atoms with Crippen molar-refractivity contribution < 1.29 is 34.2 Å². The van der Waals surface area contributed by atoms with Crippen molar-refractivity contribution in [3.8, 4) is 0 Å². The maximum Gasteiger partial charge on any atom is 0.245 e. The first-order valence-corrected chi connectivity index (χ1v) is 9.16. The van der Waals surface area contributed by atoms with Gasteiger partial charge in [0.15, 0.2) is 0 Å². The molecule has 0 unspecified atom stereocenters. The predicted molar refractivity (Wildman–Crippen MR) is 104 cm³/mol. The molecule has 0 heterocycles. The lowest BCUT2D eigenvalue weighted by Crippen LogP contribution is -2.62. The Morgan fingerprint density at radius 2 is 1.28 bits per heavy atom. The molecule has 0 bridgehead atoms. The minimum Gasteiger partial charge on any atom is -0.391 e. The molecule has 0 rings (SSSR count). The fourth-order valence-corrected chi connectivity index (χ4v) is 2.25. The van der Waals surface area contributed by atoms with Crippen molar-refractivity contribution in [2.24, 2.45) is 17.2 Å². The van der Waals surface area contributed by atoms with Gasteiger partial charge in [-0.3, -0.25) is 24.0 Å². The molecular formula is C15H28N6O7S. The van der Waals surface area contributed by atoms with Gasteiger partial charge < -0.3 is 43.4 Å². The summed E-state index contributed by atoms with van der Waals surface area (Å²) in [6.07, 6.45) is -3.42. The third-order valence-electron chi connectivity index (χ3n) is 3.72. The van der Waals surface area contributed by atoms with Crippen molar-refractivity contribution in [1.82, 2.24) is 16.0 Å². The summed E-state index contributed by atoms with van der Waals surface area (Å²) < 4.78 is 0. The predicted octanol–water partition coefficient (Wildman–Crippen LogP) is -5.18. The van der Waals surface area contributed by atoms with E-state index in [0.717, 1.165) is 0 Å². The molecule has 13 nitrogen and oxygen atoms in total. The number of hydrogen-bond acceptors (Lipinski definition) is 9. The maximum absolute atomic E-state index is 12.4. The zero-order valence-electron chi connectivity index (χ0n) is 16.0. The topological polar surface area (TPSA) is 240 Å². The van der Waals surface area contributed by atoms with Crippen LogP contribution in [0, 0.1) is 0 Å². The quantitative estimate of drug-likeness (QED) is 0.134. The van der Waals surface area contributed by atoms with Crippen LogP contribution in [0.4, 0.5) is 0 Å². The van der Waals surface area contributed by atoms with E-state index >= 15 is 0 Å². The summed E-state index contributed by atoms with van der Waals surface area (Å²) in [6, 6.07) is -5.61. The number of rotatable bonds is 12. The minimum absolute atomic E-state index is 0.0208. The average molecular weight is 436 g/mol. The van der Waals surface area contributed by atoms with E-state index in [1.54, 1.807) is 0 Å². The van der Waals surface area contributed by atoms with Crippen LogP contribution in [0.2, 0.25) is 0 Å². The Balaban J connectivity index is 5.34. The summed E-state index contributed by atoms with van der Waals surface area (Å²) in [5.41, 5.74) is 15.6. The largest absolute Gasteiger partial charge is 0.391 e. The van der Waals surface area contributed by atoms with Crippen LogP contribution in [-0.4, -0.2) is 81.9 Å². The van der Waals surface area contributed by atoms with Gasteiger partial charge in [-0.15, -0.1) is 0 Å². The second-order valence-electron chi connectivity index (χ2n) is 6.38. The first-order valence-electron chi connectivity index (χ1n) is 8.53. The van der Waals surface area contributed by atoms with Crippen LogP contribution >= 0.6 is 12.6 Å². The van der Waals surface area contributed by atoms with E-state index in [-0.39, 0.29) is 5.75 Å². The number of aliphatic hydroxyl groups is 2. The van der Waals surface area contributed by atoms with Crippen LogP contribution < -0.4 is 33.2 Å². The Morgan fingerprint density at radius 1 is 0.862 bits per heavy atom. The highest BCUT2D eigenvalue weighted by Crippen LogP contribution is 2.01. The molecule has 0 aliphatic heterocycles. The summed E-state index contributed by atoms with van der Waals surface area (Å²) in [7, 11) is 0. The average Bonchev–Trinajstić information content (AvgIpc) is 2.61. The van der Waals surface area contributed by atoms with Gasteiger partial charge in [-0.1, -0.05) is 0 Å². The molecule has 6 atom stereocenters. The van der Waals surface area contributed by atoms with E-state index in [1.807, 2.05) is 0 Å². The molecule has 0 fully saturated rings. The summed E-state index contributed by atoms with van der Waals surface area (Å²) in [5.74, 6) is -4.80. The molecule has 0 aromatic carbocycles. The van der Waals surface area contributed by atoms with E-state index in [9.17, 15) is 34.2 Å². The second kappa shape index (κ2) is 12.2. The van der Waals surface area contributed by atoms with E-state index in [1.165, 1.54) is 13.8 Å². The maximum atomic E-state index is 12.4. The summed E-state index contributed by atoms with van der Waals surface area (Å²) in [6.45, 7) is 2.38. The number of primary amides is 2. The van der Waals surface area contributed by atoms with Gasteiger partial charge in [0, 0.05) is 5.75 Å². The number of thiol groups is 1. The highest BCUT2D eigenvalue weighted by molar-refractivity contribution is 7.80. The third kappa shape index (κ3) is 9.08. The van der Waals surface area contributed by atoms with Crippen LogP contribution in [0.25, 0.3) is 0 Å². The summed E-state index contributed by atoms with van der Waals surface area (Å²) in [4.78, 5) is 59.0. The Kier molecular flexibility index (Phi) is 11.2. The van der Waals surface area contributed by atoms with Gasteiger partial charge in [0.1, 0.15) is 18.1 Å². The SMILES string of the molecule is C[C@@H](O)[C@H](NC(=O)[C@@H](NC(=O)[C@@H](N)CS)[C@@H](C)O)C(=O)N[C@@H](CC(N)=O)C(N)=O. The number of carbonyl (C=O) groups is 5. The lowest BCUT2D eigenvalue weighted by Gasteiger charge is -2.27. The zero-order valence-corrected chi connectivity index (χ0v) is 16.9. The Morgan fingerprint density at radius 3 is 1.62 bits per heavy atom. The highest BCUT2D eigenvalue weighted by atomic mass is 32.1. The number of hydrogen-bond donors (Lipinski definition) is 9.